The minimum atomic E-state index is -0.617. The lowest BCUT2D eigenvalue weighted by Gasteiger charge is -2.33. The number of rotatable bonds is 7. The van der Waals surface area contributed by atoms with Gasteiger partial charge in [-0.2, -0.15) is 0 Å². The normalized spacial score (nSPS) is 17.2. The van der Waals surface area contributed by atoms with Gasteiger partial charge in [-0.25, -0.2) is 0 Å². The number of piperidine rings is 1. The summed E-state index contributed by atoms with van der Waals surface area (Å²) in [5.74, 6) is 0.385. The van der Waals surface area contributed by atoms with Gasteiger partial charge in [0.15, 0.2) is 18.1 Å². The Balaban J connectivity index is 2.19. The molecular formula is C18H25ClN2O4. The highest BCUT2D eigenvalue weighted by molar-refractivity contribution is 6.32. The topological polar surface area (TPSA) is 81.9 Å². The van der Waals surface area contributed by atoms with Gasteiger partial charge >= 0.3 is 0 Å². The highest BCUT2D eigenvalue weighted by atomic mass is 35.5. The lowest BCUT2D eigenvalue weighted by atomic mass is 9.93. The minimum Gasteiger partial charge on any atom is -0.493 e. The van der Waals surface area contributed by atoms with Crippen LogP contribution in [0.3, 0.4) is 0 Å². The van der Waals surface area contributed by atoms with E-state index in [1.165, 1.54) is 13.5 Å². The van der Waals surface area contributed by atoms with Crippen molar-refractivity contribution in [2.24, 2.45) is 11.7 Å². The van der Waals surface area contributed by atoms with Crippen molar-refractivity contribution in [3.63, 3.8) is 0 Å². The largest absolute Gasteiger partial charge is 0.493 e. The second-order valence-electron chi connectivity index (χ2n) is 6.29. The molecule has 6 nitrogen and oxygen atoms in total. The summed E-state index contributed by atoms with van der Waals surface area (Å²) in [6, 6.07) is 3.14. The van der Waals surface area contributed by atoms with Crippen LogP contribution in [0.1, 0.15) is 43.0 Å². The smallest absolute Gasteiger partial charge is 0.255 e. The lowest BCUT2D eigenvalue weighted by Crippen LogP contribution is -2.39. The number of carbonyl (C=O) groups excluding carboxylic acids is 2. The third kappa shape index (κ3) is 5.01. The number of nitrogens with zero attached hydrogens (tertiary/aromatic N) is 1. The molecule has 1 unspecified atom stereocenters. The van der Waals surface area contributed by atoms with Crippen LogP contribution in [0.4, 0.5) is 0 Å². The lowest BCUT2D eigenvalue weighted by molar-refractivity contribution is -0.119. The zero-order valence-electron chi connectivity index (χ0n) is 14.7. The number of primary amides is 1. The summed E-state index contributed by atoms with van der Waals surface area (Å²) in [5, 5.41) is 0.214. The predicted octanol–water partition coefficient (Wildman–Crippen LogP) is 2.87. The number of likely N-dealkylation sites (tertiary alicyclic amines) is 1. The molecule has 1 atom stereocenters. The van der Waals surface area contributed by atoms with Crippen molar-refractivity contribution in [1.29, 1.82) is 0 Å². The van der Waals surface area contributed by atoms with Gasteiger partial charge in [0.25, 0.3) is 11.8 Å². The molecule has 25 heavy (non-hydrogen) atoms. The van der Waals surface area contributed by atoms with Crippen molar-refractivity contribution in [3.05, 3.63) is 22.7 Å². The fourth-order valence-corrected chi connectivity index (χ4v) is 3.47. The summed E-state index contributed by atoms with van der Waals surface area (Å²) >= 11 is 6.23. The Kier molecular flexibility index (Phi) is 6.93. The number of nitrogens with two attached hydrogens (primary N) is 1. The Morgan fingerprint density at radius 1 is 1.40 bits per heavy atom. The molecule has 2 N–H and O–H groups in total. The van der Waals surface area contributed by atoms with Crippen LogP contribution in [0.25, 0.3) is 0 Å². The molecule has 0 saturated carbocycles. The van der Waals surface area contributed by atoms with Gasteiger partial charge in [-0.05, 0) is 37.3 Å². The molecule has 1 aliphatic rings. The van der Waals surface area contributed by atoms with E-state index < -0.39 is 5.91 Å². The molecule has 2 amide bonds. The number of benzene rings is 1. The molecule has 0 radical (unpaired) electrons. The number of methoxy groups -OCH3 is 1. The zero-order valence-corrected chi connectivity index (χ0v) is 15.5. The third-order valence-electron chi connectivity index (χ3n) is 4.34. The van der Waals surface area contributed by atoms with Crippen LogP contribution in [-0.4, -0.2) is 43.5 Å². The van der Waals surface area contributed by atoms with E-state index >= 15 is 0 Å². The number of hydrogen-bond donors (Lipinski definition) is 1. The standard InChI is InChI=1S/C18H25ClN2O4/c1-3-5-12-6-4-7-21(10-12)18(23)13-8-14(19)17(15(9-13)24-2)25-11-16(20)22/h8-9,12H,3-7,10-11H2,1-2H3,(H2,20,22). The van der Waals surface area contributed by atoms with Gasteiger partial charge in [-0.1, -0.05) is 24.9 Å². The summed E-state index contributed by atoms with van der Waals surface area (Å²) in [4.78, 5) is 25.6. The first-order chi connectivity index (χ1) is 12.0. The molecule has 2 rings (SSSR count). The van der Waals surface area contributed by atoms with E-state index in [0.717, 1.165) is 32.4 Å². The predicted molar refractivity (Wildman–Crippen MR) is 96.2 cm³/mol. The molecule has 1 fully saturated rings. The first kappa shape index (κ1) is 19.4. The zero-order chi connectivity index (χ0) is 18.4. The number of ether oxygens (including phenoxy) is 2. The van der Waals surface area contributed by atoms with Gasteiger partial charge in [0, 0.05) is 18.7 Å². The van der Waals surface area contributed by atoms with Crippen molar-refractivity contribution < 1.29 is 19.1 Å². The van der Waals surface area contributed by atoms with E-state index in [1.54, 1.807) is 12.1 Å². The highest BCUT2D eigenvalue weighted by Crippen LogP contribution is 2.37. The van der Waals surface area contributed by atoms with Crippen molar-refractivity contribution in [3.8, 4) is 11.5 Å². The monoisotopic (exact) mass is 368 g/mol. The van der Waals surface area contributed by atoms with Gasteiger partial charge in [0.05, 0.1) is 12.1 Å². The van der Waals surface area contributed by atoms with Crippen molar-refractivity contribution in [2.75, 3.05) is 26.8 Å². The molecule has 1 saturated heterocycles. The maximum atomic E-state index is 12.8. The van der Waals surface area contributed by atoms with Crippen LogP contribution >= 0.6 is 11.6 Å². The number of amides is 2. The minimum absolute atomic E-state index is 0.0672. The van der Waals surface area contributed by atoms with Crippen molar-refractivity contribution in [1.82, 2.24) is 4.90 Å². The van der Waals surface area contributed by atoms with Crippen LogP contribution in [0, 0.1) is 5.92 Å². The van der Waals surface area contributed by atoms with Gasteiger partial charge in [0.1, 0.15) is 0 Å². The molecule has 0 aliphatic carbocycles. The molecule has 0 aromatic heterocycles. The van der Waals surface area contributed by atoms with Crippen LogP contribution < -0.4 is 15.2 Å². The average molecular weight is 369 g/mol. The second kappa shape index (κ2) is 8.94. The summed E-state index contributed by atoms with van der Waals surface area (Å²) in [6.07, 6.45) is 4.44. The van der Waals surface area contributed by atoms with Crippen molar-refractivity contribution >= 4 is 23.4 Å². The Morgan fingerprint density at radius 3 is 2.80 bits per heavy atom. The molecule has 1 heterocycles. The van der Waals surface area contributed by atoms with Gasteiger partial charge in [0.2, 0.25) is 0 Å². The molecule has 138 valence electrons. The summed E-state index contributed by atoms with van der Waals surface area (Å²) in [7, 11) is 1.45. The molecule has 1 aromatic rings. The maximum Gasteiger partial charge on any atom is 0.255 e. The quantitative estimate of drug-likeness (QED) is 0.802. The van der Waals surface area contributed by atoms with Gasteiger partial charge in [-0.3, -0.25) is 9.59 Å². The van der Waals surface area contributed by atoms with Crippen LogP contribution in [0.2, 0.25) is 5.02 Å². The van der Waals surface area contributed by atoms with Gasteiger partial charge < -0.3 is 20.1 Å². The van der Waals surface area contributed by atoms with Crippen LogP contribution in [0.5, 0.6) is 11.5 Å². The van der Waals surface area contributed by atoms with Crippen LogP contribution in [-0.2, 0) is 4.79 Å². The van der Waals surface area contributed by atoms with E-state index in [0.29, 0.717) is 17.2 Å². The molecule has 1 aromatic carbocycles. The highest BCUT2D eigenvalue weighted by Gasteiger charge is 2.25. The van der Waals surface area contributed by atoms with Gasteiger partial charge in [-0.15, -0.1) is 0 Å². The number of hydrogen-bond acceptors (Lipinski definition) is 4. The maximum absolute atomic E-state index is 12.8. The second-order valence-corrected chi connectivity index (χ2v) is 6.70. The van der Waals surface area contributed by atoms with E-state index in [1.807, 2.05) is 4.90 Å². The van der Waals surface area contributed by atoms with E-state index in [-0.39, 0.29) is 23.3 Å². The number of halogens is 1. The summed E-state index contributed by atoms with van der Waals surface area (Å²) in [6.45, 7) is 3.37. The average Bonchev–Trinajstić information content (AvgIpc) is 2.59. The molecule has 0 bridgehead atoms. The SMILES string of the molecule is CCCC1CCCN(C(=O)c2cc(Cl)c(OCC(N)=O)c(OC)c2)C1. The fraction of sp³-hybridized carbons (Fsp3) is 0.556. The Hall–Kier alpha value is -1.95. The Bertz CT molecular complexity index is 634. The Labute approximate surface area is 153 Å². The molecule has 7 heteroatoms. The Morgan fingerprint density at radius 2 is 2.16 bits per heavy atom. The summed E-state index contributed by atoms with van der Waals surface area (Å²) < 4.78 is 10.6. The van der Waals surface area contributed by atoms with E-state index in [4.69, 9.17) is 26.8 Å². The summed E-state index contributed by atoms with van der Waals surface area (Å²) in [5.41, 5.74) is 5.54. The van der Waals surface area contributed by atoms with E-state index in [2.05, 4.69) is 6.92 Å². The van der Waals surface area contributed by atoms with Crippen molar-refractivity contribution in [2.45, 2.75) is 32.6 Å². The molecule has 1 aliphatic heterocycles. The first-order valence-corrected chi connectivity index (χ1v) is 8.92. The molecule has 0 spiro atoms. The number of carbonyl (C=O) groups is 2. The first-order valence-electron chi connectivity index (χ1n) is 8.54. The fourth-order valence-electron chi connectivity index (χ4n) is 3.20. The third-order valence-corrected chi connectivity index (χ3v) is 4.62. The van der Waals surface area contributed by atoms with E-state index in [9.17, 15) is 9.59 Å². The molecular weight excluding hydrogens is 344 g/mol. The van der Waals surface area contributed by atoms with Crippen LogP contribution in [0.15, 0.2) is 12.1 Å².